The van der Waals surface area contributed by atoms with Crippen molar-refractivity contribution in [1.29, 1.82) is 0 Å². The summed E-state index contributed by atoms with van der Waals surface area (Å²) < 4.78 is 10.3. The summed E-state index contributed by atoms with van der Waals surface area (Å²) in [5.41, 5.74) is 1.30. The fourth-order valence-electron chi connectivity index (χ4n) is 3.41. The van der Waals surface area contributed by atoms with Gasteiger partial charge >= 0.3 is 5.97 Å². The number of benzene rings is 1. The summed E-state index contributed by atoms with van der Waals surface area (Å²) in [5.74, 6) is -0.136. The lowest BCUT2D eigenvalue weighted by Crippen LogP contribution is -2.48. The molecule has 27 heavy (non-hydrogen) atoms. The predicted octanol–water partition coefficient (Wildman–Crippen LogP) is 1.54. The van der Waals surface area contributed by atoms with Crippen molar-refractivity contribution in [3.63, 3.8) is 0 Å². The number of rotatable bonds is 6. The maximum Gasteiger partial charge on any atom is 0.356 e. The van der Waals surface area contributed by atoms with E-state index in [9.17, 15) is 9.59 Å². The summed E-state index contributed by atoms with van der Waals surface area (Å²) in [6.45, 7) is 7.06. The number of carbonyl (C=O) groups is 2. The van der Waals surface area contributed by atoms with Gasteiger partial charge in [-0.2, -0.15) is 0 Å². The summed E-state index contributed by atoms with van der Waals surface area (Å²) in [6.07, 6.45) is 0. The SMILES string of the molecule is CCN1CCN(CC(=O)Nc2c(C(=O)OC)[nH]c3cccc(OC)c23)CC1. The van der Waals surface area contributed by atoms with Crippen molar-refractivity contribution in [1.82, 2.24) is 14.8 Å². The molecule has 1 aromatic carbocycles. The van der Waals surface area contributed by atoms with E-state index < -0.39 is 5.97 Å². The molecule has 8 heteroatoms. The normalized spacial score (nSPS) is 15.7. The first-order valence-corrected chi connectivity index (χ1v) is 9.09. The van der Waals surface area contributed by atoms with E-state index in [1.165, 1.54) is 7.11 Å². The summed E-state index contributed by atoms with van der Waals surface area (Å²) in [5, 5.41) is 3.55. The van der Waals surface area contributed by atoms with E-state index in [0.717, 1.165) is 32.7 Å². The number of H-pyrrole nitrogens is 1. The van der Waals surface area contributed by atoms with E-state index in [-0.39, 0.29) is 18.1 Å². The Kier molecular flexibility index (Phi) is 5.98. The number of hydrogen-bond donors (Lipinski definition) is 2. The van der Waals surface area contributed by atoms with Crippen molar-refractivity contribution < 1.29 is 19.1 Å². The van der Waals surface area contributed by atoms with Crippen LogP contribution >= 0.6 is 0 Å². The van der Waals surface area contributed by atoms with Crippen LogP contribution in [0.5, 0.6) is 5.75 Å². The third-order valence-corrected chi connectivity index (χ3v) is 4.94. The minimum Gasteiger partial charge on any atom is -0.496 e. The molecule has 0 radical (unpaired) electrons. The van der Waals surface area contributed by atoms with Gasteiger partial charge in [0.2, 0.25) is 5.91 Å². The quantitative estimate of drug-likeness (QED) is 0.746. The number of piperazine rings is 1. The van der Waals surface area contributed by atoms with Crippen molar-refractivity contribution in [3.8, 4) is 5.75 Å². The average molecular weight is 374 g/mol. The Morgan fingerprint density at radius 1 is 1.15 bits per heavy atom. The van der Waals surface area contributed by atoms with E-state index in [0.29, 0.717) is 22.3 Å². The zero-order valence-corrected chi connectivity index (χ0v) is 16.0. The summed E-state index contributed by atoms with van der Waals surface area (Å²) in [4.78, 5) is 32.3. The largest absolute Gasteiger partial charge is 0.496 e. The molecule has 1 saturated heterocycles. The van der Waals surface area contributed by atoms with Crippen LogP contribution in [0.15, 0.2) is 18.2 Å². The molecule has 2 aromatic rings. The van der Waals surface area contributed by atoms with Crippen molar-refractivity contribution in [3.05, 3.63) is 23.9 Å². The Hall–Kier alpha value is -2.58. The van der Waals surface area contributed by atoms with Gasteiger partial charge in [0.15, 0.2) is 0 Å². The molecule has 146 valence electrons. The molecule has 1 aliphatic heterocycles. The second-order valence-corrected chi connectivity index (χ2v) is 6.51. The number of nitrogens with zero attached hydrogens (tertiary/aromatic N) is 2. The molecule has 0 bridgehead atoms. The standard InChI is InChI=1S/C19H26N4O4/c1-4-22-8-10-23(11-9-22)12-15(24)21-17-16-13(6-5-7-14(16)26-2)20-18(17)19(25)27-3/h5-7,20H,4,8-12H2,1-3H3,(H,21,24). The number of ether oxygens (including phenoxy) is 2. The Balaban J connectivity index is 1.82. The Bertz CT molecular complexity index is 824. The molecule has 8 nitrogen and oxygen atoms in total. The number of aromatic nitrogens is 1. The monoisotopic (exact) mass is 374 g/mol. The maximum atomic E-state index is 12.7. The molecular formula is C19H26N4O4. The van der Waals surface area contributed by atoms with Gasteiger partial charge in [0, 0.05) is 26.2 Å². The van der Waals surface area contributed by atoms with E-state index in [1.54, 1.807) is 13.2 Å². The first-order valence-electron chi connectivity index (χ1n) is 9.09. The van der Waals surface area contributed by atoms with Gasteiger partial charge < -0.3 is 24.7 Å². The van der Waals surface area contributed by atoms with Crippen molar-refractivity contribution in [2.75, 3.05) is 58.8 Å². The second-order valence-electron chi connectivity index (χ2n) is 6.51. The number of aromatic amines is 1. The first kappa shape index (κ1) is 19.2. The van der Waals surface area contributed by atoms with Crippen LogP contribution in [0, 0.1) is 0 Å². The van der Waals surface area contributed by atoms with E-state index in [1.807, 2.05) is 12.1 Å². The van der Waals surface area contributed by atoms with Crippen LogP contribution in [-0.2, 0) is 9.53 Å². The molecule has 1 aliphatic rings. The smallest absolute Gasteiger partial charge is 0.356 e. The number of hydrogen-bond acceptors (Lipinski definition) is 6. The van der Waals surface area contributed by atoms with Gasteiger partial charge in [0.05, 0.1) is 37.4 Å². The van der Waals surface area contributed by atoms with Crippen LogP contribution < -0.4 is 10.1 Å². The number of carbonyl (C=O) groups excluding carboxylic acids is 2. The highest BCUT2D eigenvalue weighted by Gasteiger charge is 2.24. The minimum atomic E-state index is -0.542. The number of nitrogens with one attached hydrogen (secondary N) is 2. The van der Waals surface area contributed by atoms with Gasteiger partial charge in [0.25, 0.3) is 0 Å². The molecule has 2 heterocycles. The summed E-state index contributed by atoms with van der Waals surface area (Å²) in [6, 6.07) is 5.43. The van der Waals surface area contributed by atoms with Gasteiger partial charge in [-0.25, -0.2) is 4.79 Å². The Labute approximate surface area is 158 Å². The van der Waals surface area contributed by atoms with E-state index >= 15 is 0 Å². The third kappa shape index (κ3) is 4.06. The van der Waals surface area contributed by atoms with Gasteiger partial charge in [-0.15, -0.1) is 0 Å². The van der Waals surface area contributed by atoms with Crippen LogP contribution in [0.1, 0.15) is 17.4 Å². The predicted molar refractivity (Wildman–Crippen MR) is 103 cm³/mol. The Morgan fingerprint density at radius 2 is 1.85 bits per heavy atom. The fourth-order valence-corrected chi connectivity index (χ4v) is 3.41. The molecule has 0 atom stereocenters. The third-order valence-electron chi connectivity index (χ3n) is 4.94. The first-order chi connectivity index (χ1) is 13.1. The lowest BCUT2D eigenvalue weighted by atomic mass is 10.2. The summed E-state index contributed by atoms with van der Waals surface area (Å²) in [7, 11) is 2.86. The zero-order valence-electron chi connectivity index (χ0n) is 16.0. The molecule has 0 aliphatic carbocycles. The van der Waals surface area contributed by atoms with Crippen LogP contribution in [-0.4, -0.2) is 80.1 Å². The number of anilines is 1. The number of likely N-dealkylation sites (N-methyl/N-ethyl adjacent to an activating group) is 1. The fraction of sp³-hybridized carbons (Fsp3) is 0.474. The van der Waals surface area contributed by atoms with Crippen molar-refractivity contribution in [2.24, 2.45) is 0 Å². The van der Waals surface area contributed by atoms with Gasteiger partial charge in [-0.1, -0.05) is 13.0 Å². The molecule has 0 unspecified atom stereocenters. The maximum absolute atomic E-state index is 12.7. The summed E-state index contributed by atoms with van der Waals surface area (Å²) >= 11 is 0. The Morgan fingerprint density at radius 3 is 2.48 bits per heavy atom. The highest BCUT2D eigenvalue weighted by atomic mass is 16.5. The molecule has 2 N–H and O–H groups in total. The average Bonchev–Trinajstić information content (AvgIpc) is 3.06. The topological polar surface area (TPSA) is 86.9 Å². The molecule has 0 saturated carbocycles. The van der Waals surface area contributed by atoms with Crippen LogP contribution in [0.4, 0.5) is 5.69 Å². The van der Waals surface area contributed by atoms with Gasteiger partial charge in [-0.3, -0.25) is 9.69 Å². The molecule has 1 fully saturated rings. The van der Waals surface area contributed by atoms with Crippen LogP contribution in [0.2, 0.25) is 0 Å². The van der Waals surface area contributed by atoms with Crippen LogP contribution in [0.3, 0.4) is 0 Å². The number of methoxy groups -OCH3 is 2. The lowest BCUT2D eigenvalue weighted by Gasteiger charge is -2.33. The highest BCUT2D eigenvalue weighted by molar-refractivity contribution is 6.13. The molecule has 0 spiro atoms. The van der Waals surface area contributed by atoms with Gasteiger partial charge in [0.1, 0.15) is 11.4 Å². The second kappa shape index (κ2) is 8.41. The zero-order chi connectivity index (χ0) is 19.4. The van der Waals surface area contributed by atoms with Gasteiger partial charge in [-0.05, 0) is 18.7 Å². The minimum absolute atomic E-state index is 0.170. The van der Waals surface area contributed by atoms with E-state index in [4.69, 9.17) is 9.47 Å². The highest BCUT2D eigenvalue weighted by Crippen LogP contribution is 2.35. The number of fused-ring (bicyclic) bond motifs is 1. The van der Waals surface area contributed by atoms with E-state index in [2.05, 4.69) is 27.0 Å². The molecule has 1 amide bonds. The van der Waals surface area contributed by atoms with Crippen molar-refractivity contribution in [2.45, 2.75) is 6.92 Å². The lowest BCUT2D eigenvalue weighted by molar-refractivity contribution is -0.117. The number of esters is 1. The molecule has 3 rings (SSSR count). The number of amides is 1. The van der Waals surface area contributed by atoms with Crippen LogP contribution in [0.25, 0.3) is 10.9 Å². The van der Waals surface area contributed by atoms with Crippen molar-refractivity contribution >= 4 is 28.5 Å². The molecule has 1 aromatic heterocycles. The molecular weight excluding hydrogens is 348 g/mol.